The van der Waals surface area contributed by atoms with E-state index in [1.807, 2.05) is 42.4 Å². The molecule has 1 aromatic rings. The Morgan fingerprint density at radius 2 is 1.95 bits per heavy atom. The van der Waals surface area contributed by atoms with Gasteiger partial charge in [-0.2, -0.15) is 0 Å². The minimum atomic E-state index is -1.07. The zero-order chi connectivity index (χ0) is 15.4. The Morgan fingerprint density at radius 3 is 2.48 bits per heavy atom. The highest BCUT2D eigenvalue weighted by atomic mass is 127. The Hall–Kier alpha value is 0.250. The largest absolute Gasteiger partial charge is 0.492 e. The summed E-state index contributed by atoms with van der Waals surface area (Å²) >= 11 is 3.95. The molecule has 0 saturated heterocycles. The smallest absolute Gasteiger partial charge is 0.343 e. The Labute approximate surface area is 155 Å². The first-order chi connectivity index (χ1) is 10.1. The van der Waals surface area contributed by atoms with Crippen LogP contribution < -0.4 is 13.1 Å². The summed E-state index contributed by atoms with van der Waals surface area (Å²) in [7, 11) is 2.21. The van der Waals surface area contributed by atoms with Gasteiger partial charge >= 0.3 is 5.97 Å². The lowest BCUT2D eigenvalue weighted by Gasteiger charge is -2.17. The topological polar surface area (TPSA) is 65.0 Å². The van der Waals surface area contributed by atoms with E-state index in [4.69, 9.17) is 13.1 Å². The predicted octanol–water partition coefficient (Wildman–Crippen LogP) is 5.24. The third-order valence-corrected chi connectivity index (χ3v) is 4.63. The third kappa shape index (κ3) is 4.61. The van der Waals surface area contributed by atoms with Gasteiger partial charge in [-0.15, -0.1) is 0 Å². The molecule has 0 spiro atoms. The van der Waals surface area contributed by atoms with Crippen LogP contribution in [0.3, 0.4) is 0 Å². The molecule has 0 radical (unpaired) electrons. The number of carboxylic acids is 1. The van der Waals surface area contributed by atoms with Crippen molar-refractivity contribution >= 4 is 66.8 Å². The second-order valence-corrected chi connectivity index (χ2v) is 7.30. The monoisotopic (exact) mass is 554 g/mol. The molecular formula is C12H12I2O5S2. The fourth-order valence-electron chi connectivity index (χ4n) is 1.80. The van der Waals surface area contributed by atoms with Crippen molar-refractivity contribution in [2.24, 2.45) is 5.92 Å². The number of aromatic carboxylic acids is 1. The van der Waals surface area contributed by atoms with E-state index in [1.165, 1.54) is 0 Å². The molecule has 1 aliphatic carbocycles. The van der Waals surface area contributed by atoms with Crippen LogP contribution in [-0.4, -0.2) is 17.7 Å². The average Bonchev–Trinajstić information content (AvgIpc) is 3.24. The van der Waals surface area contributed by atoms with Gasteiger partial charge in [-0.25, -0.2) is 4.79 Å². The molecule has 21 heavy (non-hydrogen) atoms. The molecular weight excluding hydrogens is 542 g/mol. The van der Waals surface area contributed by atoms with Crippen LogP contribution in [0, 0.1) is 12.8 Å². The maximum Gasteiger partial charge on any atom is 0.343 e. The van der Waals surface area contributed by atoms with Crippen molar-refractivity contribution in [2.75, 3.05) is 6.61 Å². The summed E-state index contributed by atoms with van der Waals surface area (Å²) < 4.78 is 16.6. The highest BCUT2D eigenvalue weighted by Crippen LogP contribution is 2.43. The molecule has 9 heteroatoms. The third-order valence-electron chi connectivity index (χ3n) is 3.06. The van der Waals surface area contributed by atoms with Gasteiger partial charge in [0.2, 0.25) is 0 Å². The lowest BCUT2D eigenvalue weighted by molar-refractivity contribution is 0.0690. The fourth-order valence-corrected chi connectivity index (χ4v) is 3.40. The molecule has 1 N–H and O–H groups in total. The molecule has 0 aromatic heterocycles. The van der Waals surface area contributed by atoms with Crippen LogP contribution in [0.5, 0.6) is 17.2 Å². The summed E-state index contributed by atoms with van der Waals surface area (Å²) in [5.41, 5.74) is 0.714. The van der Waals surface area contributed by atoms with Crippen LogP contribution in [0.4, 0.5) is 0 Å². The van der Waals surface area contributed by atoms with Gasteiger partial charge in [0, 0.05) is 54.0 Å². The molecule has 0 bridgehead atoms. The Balaban J connectivity index is 2.45. The zero-order valence-electron chi connectivity index (χ0n) is 10.9. The van der Waals surface area contributed by atoms with Gasteiger partial charge in [0.05, 0.1) is 6.61 Å². The molecule has 0 amide bonds. The number of ether oxygens (including phenoxy) is 1. The maximum atomic E-state index is 11.6. The van der Waals surface area contributed by atoms with Crippen molar-refractivity contribution in [1.29, 1.82) is 0 Å². The van der Waals surface area contributed by atoms with Gasteiger partial charge in [0.1, 0.15) is 35.5 Å². The zero-order valence-corrected chi connectivity index (χ0v) is 16.9. The van der Waals surface area contributed by atoms with Crippen molar-refractivity contribution < 1.29 is 23.0 Å². The molecule has 5 nitrogen and oxygen atoms in total. The van der Waals surface area contributed by atoms with Crippen LogP contribution in [0.15, 0.2) is 6.07 Å². The Bertz CT molecular complexity index is 537. The van der Waals surface area contributed by atoms with Crippen molar-refractivity contribution in [1.82, 2.24) is 0 Å². The highest BCUT2D eigenvalue weighted by Gasteiger charge is 2.28. The second kappa shape index (κ2) is 8.20. The van der Waals surface area contributed by atoms with Crippen LogP contribution in [-0.2, 0) is 0 Å². The van der Waals surface area contributed by atoms with E-state index in [9.17, 15) is 9.90 Å². The molecule has 1 fully saturated rings. The van der Waals surface area contributed by atoms with E-state index < -0.39 is 5.97 Å². The molecule has 1 aromatic carbocycles. The van der Waals surface area contributed by atoms with Gasteiger partial charge in [0.15, 0.2) is 5.75 Å². The number of carboxylic acid groups (broad SMARTS) is 1. The van der Waals surface area contributed by atoms with E-state index in [0.717, 1.165) is 31.3 Å². The van der Waals surface area contributed by atoms with Gasteiger partial charge < -0.3 is 18.2 Å². The van der Waals surface area contributed by atoms with E-state index >= 15 is 0 Å². The summed E-state index contributed by atoms with van der Waals surface area (Å²) in [5, 5.41) is 9.48. The number of hydrogen-bond acceptors (Lipinski definition) is 6. The van der Waals surface area contributed by atoms with Crippen LogP contribution in [0.1, 0.15) is 28.8 Å². The van der Waals surface area contributed by atoms with Gasteiger partial charge in [0.25, 0.3) is 0 Å². The number of benzene rings is 1. The van der Waals surface area contributed by atoms with Crippen molar-refractivity contribution in [3.63, 3.8) is 0 Å². The van der Waals surface area contributed by atoms with Crippen molar-refractivity contribution in [3.8, 4) is 17.2 Å². The summed E-state index contributed by atoms with van der Waals surface area (Å²) in [6, 6.07) is 1.58. The maximum absolute atomic E-state index is 11.6. The van der Waals surface area contributed by atoms with Gasteiger partial charge in [-0.05, 0) is 25.7 Å². The molecule has 0 aliphatic heterocycles. The normalized spacial score (nSPS) is 13.9. The van der Waals surface area contributed by atoms with E-state index in [2.05, 4.69) is 0 Å². The molecule has 0 heterocycles. The SMILES string of the molecule is Cc1c(OSI)cc(OSI)c(C(=O)O)c1OCC1CC1. The van der Waals surface area contributed by atoms with E-state index in [0.29, 0.717) is 29.6 Å². The van der Waals surface area contributed by atoms with E-state index in [-0.39, 0.29) is 11.3 Å². The number of hydrogen-bond donors (Lipinski definition) is 1. The molecule has 1 saturated carbocycles. The van der Waals surface area contributed by atoms with Crippen LogP contribution in [0.2, 0.25) is 0 Å². The first-order valence-corrected chi connectivity index (χ1v) is 12.6. The van der Waals surface area contributed by atoms with Crippen LogP contribution in [0.25, 0.3) is 0 Å². The lowest BCUT2D eigenvalue weighted by Crippen LogP contribution is -2.09. The first-order valence-electron chi connectivity index (χ1n) is 6.02. The lowest BCUT2D eigenvalue weighted by atomic mass is 10.1. The minimum Gasteiger partial charge on any atom is -0.492 e. The number of carbonyl (C=O) groups is 1. The second-order valence-electron chi connectivity index (χ2n) is 4.55. The summed E-state index contributed by atoms with van der Waals surface area (Å²) in [6.45, 7) is 2.32. The molecule has 2 rings (SSSR count). The highest BCUT2D eigenvalue weighted by molar-refractivity contribution is 14.2. The van der Waals surface area contributed by atoms with Crippen molar-refractivity contribution in [2.45, 2.75) is 19.8 Å². The molecule has 0 atom stereocenters. The predicted molar refractivity (Wildman–Crippen MR) is 101 cm³/mol. The van der Waals surface area contributed by atoms with Crippen molar-refractivity contribution in [3.05, 3.63) is 17.2 Å². The fraction of sp³-hybridized carbons (Fsp3) is 0.417. The molecule has 0 unspecified atom stereocenters. The number of halogens is 2. The number of rotatable bonds is 8. The van der Waals surface area contributed by atoms with Gasteiger partial charge in [-0.3, -0.25) is 0 Å². The Kier molecular flexibility index (Phi) is 6.87. The Morgan fingerprint density at radius 1 is 1.33 bits per heavy atom. The summed E-state index contributed by atoms with van der Waals surface area (Å²) in [6.07, 6.45) is 2.27. The molecule has 116 valence electrons. The first kappa shape index (κ1) is 17.6. The van der Waals surface area contributed by atoms with Gasteiger partial charge in [-0.1, -0.05) is 0 Å². The summed E-state index contributed by atoms with van der Waals surface area (Å²) in [4.78, 5) is 11.6. The average molecular weight is 554 g/mol. The standard InChI is InChI=1S/C12H12I2O5S2/c1-6-8(18-20-13)4-9(19-21-14)10(12(15)16)11(6)17-5-7-2-3-7/h4,7H,2-3,5H2,1H3,(H,15,16). The molecule has 1 aliphatic rings. The minimum absolute atomic E-state index is 0.0446. The summed E-state index contributed by atoms with van der Waals surface area (Å²) in [5.74, 6) is 0.568. The van der Waals surface area contributed by atoms with E-state index in [1.54, 1.807) is 13.0 Å². The van der Waals surface area contributed by atoms with Crippen LogP contribution >= 0.6 is 60.8 Å². The quantitative estimate of drug-likeness (QED) is 0.349.